The zero-order valence-electron chi connectivity index (χ0n) is 13.0. The van der Waals surface area contributed by atoms with Crippen LogP contribution in [0.2, 0.25) is 0 Å². The van der Waals surface area contributed by atoms with Crippen molar-refractivity contribution in [3.63, 3.8) is 0 Å². The van der Waals surface area contributed by atoms with Gasteiger partial charge in [-0.2, -0.15) is 0 Å². The molecule has 1 aliphatic heterocycles. The van der Waals surface area contributed by atoms with Crippen LogP contribution < -0.4 is 0 Å². The molecule has 2 heterocycles. The number of aromatic amines is 1. The summed E-state index contributed by atoms with van der Waals surface area (Å²) in [6.45, 7) is 6.93. The molecule has 0 aromatic carbocycles. The van der Waals surface area contributed by atoms with E-state index in [4.69, 9.17) is 0 Å². The Labute approximate surface area is 126 Å². The van der Waals surface area contributed by atoms with Crippen LogP contribution in [0.4, 0.5) is 0 Å². The van der Waals surface area contributed by atoms with Gasteiger partial charge in [-0.15, -0.1) is 0 Å². The molecule has 0 spiro atoms. The van der Waals surface area contributed by atoms with Crippen molar-refractivity contribution in [1.29, 1.82) is 0 Å². The van der Waals surface area contributed by atoms with E-state index < -0.39 is 9.84 Å². The minimum Gasteiger partial charge on any atom is -0.362 e. The van der Waals surface area contributed by atoms with Crippen molar-refractivity contribution in [3.8, 4) is 0 Å². The van der Waals surface area contributed by atoms with Crippen LogP contribution in [0.25, 0.3) is 0 Å². The van der Waals surface area contributed by atoms with Crippen molar-refractivity contribution < 1.29 is 13.2 Å². The largest absolute Gasteiger partial charge is 0.362 e. The molecule has 0 saturated carbocycles. The Bertz CT molecular complexity index is 619. The van der Waals surface area contributed by atoms with Crippen molar-refractivity contribution >= 4 is 15.6 Å². The van der Waals surface area contributed by atoms with Crippen molar-refractivity contribution in [2.24, 2.45) is 0 Å². The van der Waals surface area contributed by atoms with Gasteiger partial charge in [0.25, 0.3) is 0 Å². The number of hydrogen-bond donors (Lipinski definition) is 1. The average molecular weight is 312 g/mol. The highest BCUT2D eigenvalue weighted by molar-refractivity contribution is 7.91. The second-order valence-corrected chi connectivity index (χ2v) is 8.17. The Hall–Kier alpha value is -1.14. The second kappa shape index (κ2) is 6.32. The Morgan fingerprint density at radius 3 is 2.62 bits per heavy atom. The van der Waals surface area contributed by atoms with Gasteiger partial charge in [-0.05, 0) is 39.3 Å². The van der Waals surface area contributed by atoms with Crippen LogP contribution in [-0.2, 0) is 9.84 Å². The van der Waals surface area contributed by atoms with E-state index >= 15 is 0 Å². The van der Waals surface area contributed by atoms with Crippen LogP contribution in [0.5, 0.6) is 0 Å². The first-order valence-electron chi connectivity index (χ1n) is 7.46. The Morgan fingerprint density at radius 1 is 1.43 bits per heavy atom. The van der Waals surface area contributed by atoms with E-state index in [1.807, 2.05) is 31.7 Å². The molecule has 1 aliphatic rings. The SMILES string of the molecule is CCCN(CC(=O)c1cc(C)[nH]c1C)[C@H]1CCS(=O)(=O)C1. The maximum Gasteiger partial charge on any atom is 0.178 e. The van der Waals surface area contributed by atoms with E-state index in [0.717, 1.165) is 29.9 Å². The molecular formula is C15H24N2O3S. The third-order valence-corrected chi connectivity index (χ3v) is 5.78. The molecule has 1 fully saturated rings. The summed E-state index contributed by atoms with van der Waals surface area (Å²) in [6, 6.07) is 1.85. The molecule has 5 nitrogen and oxygen atoms in total. The van der Waals surface area contributed by atoms with Crippen LogP contribution in [0.15, 0.2) is 6.07 Å². The van der Waals surface area contributed by atoms with E-state index in [9.17, 15) is 13.2 Å². The smallest absolute Gasteiger partial charge is 0.178 e. The lowest BCUT2D eigenvalue weighted by atomic mass is 10.1. The van der Waals surface area contributed by atoms with Crippen LogP contribution in [0.1, 0.15) is 41.5 Å². The molecular weight excluding hydrogens is 288 g/mol. The molecule has 0 aliphatic carbocycles. The normalized spacial score (nSPS) is 21.0. The first-order chi connectivity index (χ1) is 9.82. The lowest BCUT2D eigenvalue weighted by Crippen LogP contribution is -2.40. The third kappa shape index (κ3) is 3.95. The number of Topliss-reactive ketones (excluding diaryl/α,β-unsaturated/α-hetero) is 1. The molecule has 1 N–H and O–H groups in total. The third-order valence-electron chi connectivity index (χ3n) is 4.03. The van der Waals surface area contributed by atoms with Crippen molar-refractivity contribution in [1.82, 2.24) is 9.88 Å². The van der Waals surface area contributed by atoms with Crippen LogP contribution >= 0.6 is 0 Å². The van der Waals surface area contributed by atoms with Gasteiger partial charge in [0.05, 0.1) is 18.1 Å². The number of nitrogens with one attached hydrogen (secondary N) is 1. The lowest BCUT2D eigenvalue weighted by Gasteiger charge is -2.26. The molecule has 1 atom stereocenters. The zero-order valence-corrected chi connectivity index (χ0v) is 13.8. The summed E-state index contributed by atoms with van der Waals surface area (Å²) < 4.78 is 23.3. The van der Waals surface area contributed by atoms with E-state index in [2.05, 4.69) is 4.98 Å². The van der Waals surface area contributed by atoms with Gasteiger partial charge in [0.15, 0.2) is 15.6 Å². The Morgan fingerprint density at radius 2 is 2.14 bits per heavy atom. The summed E-state index contributed by atoms with van der Waals surface area (Å²) >= 11 is 0. The highest BCUT2D eigenvalue weighted by Gasteiger charge is 2.33. The summed E-state index contributed by atoms with van der Waals surface area (Å²) in [4.78, 5) is 17.6. The second-order valence-electron chi connectivity index (χ2n) is 5.94. The quantitative estimate of drug-likeness (QED) is 0.812. The van der Waals surface area contributed by atoms with Gasteiger partial charge in [-0.3, -0.25) is 9.69 Å². The summed E-state index contributed by atoms with van der Waals surface area (Å²) in [5.41, 5.74) is 2.57. The number of carbonyl (C=O) groups is 1. The molecule has 6 heteroatoms. The summed E-state index contributed by atoms with van der Waals surface area (Å²) in [7, 11) is -2.92. The van der Waals surface area contributed by atoms with Gasteiger partial charge in [-0.25, -0.2) is 8.42 Å². The first-order valence-corrected chi connectivity index (χ1v) is 9.28. The first kappa shape index (κ1) is 16.2. The number of ketones is 1. The number of carbonyl (C=O) groups excluding carboxylic acids is 1. The predicted molar refractivity (Wildman–Crippen MR) is 83.5 cm³/mol. The fourth-order valence-corrected chi connectivity index (χ4v) is 4.79. The fourth-order valence-electron chi connectivity index (χ4n) is 3.02. The minimum absolute atomic E-state index is 0.0146. The van der Waals surface area contributed by atoms with Crippen molar-refractivity contribution in [2.75, 3.05) is 24.6 Å². The molecule has 21 heavy (non-hydrogen) atoms. The maximum atomic E-state index is 12.5. The predicted octanol–water partition coefficient (Wildman–Crippen LogP) is 1.71. The van der Waals surface area contributed by atoms with E-state index in [0.29, 0.717) is 13.0 Å². The standard InChI is InChI=1S/C15H24N2O3S/c1-4-6-17(13-5-7-21(19,20)10-13)9-15(18)14-8-11(2)16-12(14)3/h8,13,16H,4-7,9-10H2,1-3H3/t13-/m0/s1. The fraction of sp³-hybridized carbons (Fsp3) is 0.667. The number of hydrogen-bond acceptors (Lipinski definition) is 4. The van der Waals surface area contributed by atoms with Gasteiger partial charge in [0, 0.05) is 23.0 Å². The highest BCUT2D eigenvalue weighted by atomic mass is 32.2. The monoisotopic (exact) mass is 312 g/mol. The molecule has 0 unspecified atom stereocenters. The Kier molecular flexibility index (Phi) is 4.88. The Balaban J connectivity index is 2.09. The van der Waals surface area contributed by atoms with Gasteiger partial charge in [0.1, 0.15) is 0 Å². The van der Waals surface area contributed by atoms with Crippen LogP contribution in [-0.4, -0.2) is 54.7 Å². The van der Waals surface area contributed by atoms with Gasteiger partial charge in [0.2, 0.25) is 0 Å². The number of nitrogens with zero attached hydrogens (tertiary/aromatic N) is 1. The van der Waals surface area contributed by atoms with Crippen molar-refractivity contribution in [3.05, 3.63) is 23.0 Å². The lowest BCUT2D eigenvalue weighted by molar-refractivity contribution is 0.0901. The molecule has 118 valence electrons. The minimum atomic E-state index is -2.92. The number of aryl methyl sites for hydroxylation is 2. The molecule has 0 amide bonds. The van der Waals surface area contributed by atoms with Gasteiger partial charge < -0.3 is 4.98 Å². The van der Waals surface area contributed by atoms with Gasteiger partial charge in [-0.1, -0.05) is 6.92 Å². The van der Waals surface area contributed by atoms with Gasteiger partial charge >= 0.3 is 0 Å². The zero-order chi connectivity index (χ0) is 15.6. The molecule has 0 radical (unpaired) electrons. The number of rotatable bonds is 6. The molecule has 1 aromatic heterocycles. The molecule has 0 bridgehead atoms. The maximum absolute atomic E-state index is 12.5. The number of aromatic nitrogens is 1. The van der Waals surface area contributed by atoms with Crippen molar-refractivity contribution in [2.45, 2.75) is 39.7 Å². The number of sulfone groups is 1. The van der Waals surface area contributed by atoms with E-state index in [1.54, 1.807) is 0 Å². The summed E-state index contributed by atoms with van der Waals surface area (Å²) in [5, 5.41) is 0. The molecule has 1 aromatic rings. The van der Waals surface area contributed by atoms with Crippen LogP contribution in [0.3, 0.4) is 0 Å². The molecule has 2 rings (SSSR count). The summed E-state index contributed by atoms with van der Waals surface area (Å²) in [6.07, 6.45) is 1.55. The number of H-pyrrole nitrogens is 1. The average Bonchev–Trinajstić information content (AvgIpc) is 2.91. The highest BCUT2D eigenvalue weighted by Crippen LogP contribution is 2.19. The van der Waals surface area contributed by atoms with E-state index in [-0.39, 0.29) is 23.3 Å². The van der Waals surface area contributed by atoms with E-state index in [1.165, 1.54) is 0 Å². The van der Waals surface area contributed by atoms with Crippen LogP contribution in [0, 0.1) is 13.8 Å². The topological polar surface area (TPSA) is 70.2 Å². The summed E-state index contributed by atoms with van der Waals surface area (Å²) in [5.74, 6) is 0.495. The molecule has 1 saturated heterocycles.